The molecule has 3 rings (SSSR count). The Hall–Kier alpha value is -3.17. The number of aryl methyl sites for hydroxylation is 1. The average molecular weight is 679 g/mol. The summed E-state index contributed by atoms with van der Waals surface area (Å²) in [6.45, 7) is 14.9. The van der Waals surface area contributed by atoms with Gasteiger partial charge in [-0.15, -0.1) is 0 Å². The molecule has 0 bridgehead atoms. The topological polar surface area (TPSA) is 102 Å². The molecule has 1 aromatic carbocycles. The van der Waals surface area contributed by atoms with Gasteiger partial charge in [-0.1, -0.05) is 78.3 Å². The first kappa shape index (κ1) is 40.3. The van der Waals surface area contributed by atoms with Gasteiger partial charge in [-0.2, -0.15) is 0 Å². The van der Waals surface area contributed by atoms with Gasteiger partial charge in [0.05, 0.1) is 30.7 Å². The van der Waals surface area contributed by atoms with Gasteiger partial charge < -0.3 is 19.3 Å². The van der Waals surface area contributed by atoms with E-state index in [1.807, 2.05) is 55.0 Å². The third-order valence-electron chi connectivity index (χ3n) is 10.7. The van der Waals surface area contributed by atoms with Crippen LogP contribution in [0.2, 0.25) is 0 Å². The highest BCUT2D eigenvalue weighted by atomic mass is 16.5. The fraction of sp³-hybridized carbons (Fsp3) is 0.675. The van der Waals surface area contributed by atoms with Crippen molar-refractivity contribution in [2.24, 2.45) is 29.6 Å². The number of amides is 2. The van der Waals surface area contributed by atoms with Crippen molar-refractivity contribution in [1.82, 2.24) is 19.8 Å². The number of methoxy groups -OCH3 is 2. The molecule has 1 saturated heterocycles. The van der Waals surface area contributed by atoms with Crippen molar-refractivity contribution in [2.45, 2.75) is 118 Å². The number of likely N-dealkylation sites (tertiary alicyclic amines) is 1. The van der Waals surface area contributed by atoms with Gasteiger partial charge >= 0.3 is 0 Å². The Balaban J connectivity index is 1.74. The highest BCUT2D eigenvalue weighted by Crippen LogP contribution is 2.31. The molecule has 0 radical (unpaired) electrons. The van der Waals surface area contributed by atoms with Crippen molar-refractivity contribution in [1.29, 1.82) is 0 Å². The highest BCUT2D eigenvalue weighted by molar-refractivity contribution is 5.82. The van der Waals surface area contributed by atoms with E-state index < -0.39 is 12.2 Å². The molecule has 1 aliphatic rings. The van der Waals surface area contributed by atoms with Crippen LogP contribution in [0, 0.1) is 36.5 Å². The Kier molecular flexibility index (Phi) is 15.8. The van der Waals surface area contributed by atoms with Crippen LogP contribution in [0.4, 0.5) is 0 Å². The maximum Gasteiger partial charge on any atom is 0.226 e. The zero-order chi connectivity index (χ0) is 36.2. The maximum absolute atomic E-state index is 14.2. The lowest BCUT2D eigenvalue weighted by atomic mass is 9.86. The number of carbonyl (C=O) groups excluding carboxylic acids is 3. The van der Waals surface area contributed by atoms with Gasteiger partial charge in [-0.05, 0) is 55.6 Å². The summed E-state index contributed by atoms with van der Waals surface area (Å²) in [7, 11) is 5.12. The van der Waals surface area contributed by atoms with E-state index in [1.165, 1.54) is 5.56 Å². The second kappa shape index (κ2) is 19.3. The van der Waals surface area contributed by atoms with E-state index >= 15 is 0 Å². The highest BCUT2D eigenvalue weighted by Gasteiger charge is 2.42. The number of likely N-dealkylation sites (N-methyl/N-ethyl adjacent to an activating group) is 1. The summed E-state index contributed by atoms with van der Waals surface area (Å²) in [5, 5.41) is 0. The normalized spacial score (nSPS) is 19.2. The molecule has 0 unspecified atom stereocenters. The Labute approximate surface area is 295 Å². The number of ether oxygens (including phenoxy) is 2. The van der Waals surface area contributed by atoms with Crippen molar-refractivity contribution in [3.8, 4) is 0 Å². The van der Waals surface area contributed by atoms with Gasteiger partial charge in [0.25, 0.3) is 0 Å². The molecule has 9 nitrogen and oxygen atoms in total. The fourth-order valence-electron chi connectivity index (χ4n) is 7.62. The molecule has 0 spiro atoms. The largest absolute Gasteiger partial charge is 0.379 e. The summed E-state index contributed by atoms with van der Waals surface area (Å²) in [6.07, 6.45) is 5.19. The molecule has 2 heterocycles. The summed E-state index contributed by atoms with van der Waals surface area (Å²) in [6, 6.07) is 11.6. The van der Waals surface area contributed by atoms with Crippen LogP contribution in [0.1, 0.15) is 90.7 Å². The summed E-state index contributed by atoms with van der Waals surface area (Å²) >= 11 is 0. The summed E-state index contributed by atoms with van der Waals surface area (Å²) in [5.41, 5.74) is 2.10. The molecule has 0 saturated carbocycles. The lowest BCUT2D eigenvalue weighted by molar-refractivity contribution is -0.148. The number of Topliss-reactive ketones (excluding diaryl/α,β-unsaturated/α-hetero) is 1. The molecular formula is C40H62N4O5. The first-order valence-corrected chi connectivity index (χ1v) is 18.3. The Morgan fingerprint density at radius 3 is 2.27 bits per heavy atom. The standard InChI is InChI=1S/C40H62N4O5/c1-11-28(5)38(43(8)40(47)32(26(2)3)24-36-41-20-19-29(6)42-36)35(48-9)25-37(46)44-21-15-18-33(44)39(49-10)30(7)34(45)23-27(4)22-31-16-13-12-14-17-31/h12-14,16-17,19-20,26-28,30,32-33,35,38-39H,11,15,18,21-25H2,1-10H3/t27-,28+,30+,32+,33+,35-,38+,39-/m1/s1. The number of ketones is 1. The number of aromatic nitrogens is 2. The Bertz CT molecular complexity index is 1340. The lowest BCUT2D eigenvalue weighted by Gasteiger charge is -2.40. The van der Waals surface area contributed by atoms with Gasteiger partial charge in [-0.25, -0.2) is 9.97 Å². The molecule has 2 aromatic rings. The van der Waals surface area contributed by atoms with E-state index in [1.54, 1.807) is 20.4 Å². The minimum absolute atomic E-state index is 0.00670. The van der Waals surface area contributed by atoms with E-state index in [9.17, 15) is 14.4 Å². The molecule has 1 aliphatic heterocycles. The minimum atomic E-state index is -0.500. The quantitative estimate of drug-likeness (QED) is 0.171. The van der Waals surface area contributed by atoms with E-state index in [2.05, 4.69) is 56.7 Å². The van der Waals surface area contributed by atoms with Gasteiger partial charge in [-0.3, -0.25) is 14.4 Å². The second-order valence-electron chi connectivity index (χ2n) is 14.7. The third kappa shape index (κ3) is 10.9. The predicted octanol–water partition coefficient (Wildman–Crippen LogP) is 6.36. The third-order valence-corrected chi connectivity index (χ3v) is 10.7. The lowest BCUT2D eigenvalue weighted by Crippen LogP contribution is -2.54. The van der Waals surface area contributed by atoms with E-state index in [-0.39, 0.29) is 65.7 Å². The molecule has 0 aliphatic carbocycles. The summed E-state index contributed by atoms with van der Waals surface area (Å²) in [4.78, 5) is 54.5. The predicted molar refractivity (Wildman–Crippen MR) is 194 cm³/mol. The average Bonchev–Trinajstić information content (AvgIpc) is 3.56. The van der Waals surface area contributed by atoms with Crippen molar-refractivity contribution in [3.63, 3.8) is 0 Å². The number of carbonyl (C=O) groups is 3. The molecule has 49 heavy (non-hydrogen) atoms. The number of hydrogen-bond donors (Lipinski definition) is 0. The van der Waals surface area contributed by atoms with Crippen LogP contribution in [0.5, 0.6) is 0 Å². The SMILES string of the molecule is CC[C@H](C)[C@@H]([C@@H](CC(=O)N1CCC[C@H]1[C@H](OC)[C@@H](C)C(=O)C[C@H](C)Cc1ccccc1)OC)N(C)C(=O)[C@@H](Cc1nccc(C)n1)C(C)C. The van der Waals surface area contributed by atoms with Crippen molar-refractivity contribution in [3.05, 3.63) is 59.7 Å². The Morgan fingerprint density at radius 1 is 0.980 bits per heavy atom. The van der Waals surface area contributed by atoms with Gasteiger partial charge in [0.2, 0.25) is 11.8 Å². The van der Waals surface area contributed by atoms with Gasteiger partial charge in [0.1, 0.15) is 11.6 Å². The first-order chi connectivity index (χ1) is 23.3. The van der Waals surface area contributed by atoms with Gasteiger partial charge in [0.15, 0.2) is 0 Å². The van der Waals surface area contributed by atoms with Crippen molar-refractivity contribution in [2.75, 3.05) is 27.8 Å². The smallest absolute Gasteiger partial charge is 0.226 e. The van der Waals surface area contributed by atoms with Crippen LogP contribution in [0.15, 0.2) is 42.6 Å². The van der Waals surface area contributed by atoms with Crippen LogP contribution in [-0.4, -0.2) is 89.5 Å². The van der Waals surface area contributed by atoms with Gasteiger partial charge in [0, 0.05) is 64.4 Å². The van der Waals surface area contributed by atoms with E-state index in [0.717, 1.165) is 31.4 Å². The maximum atomic E-state index is 14.2. The van der Waals surface area contributed by atoms with Crippen LogP contribution in [0.25, 0.3) is 0 Å². The molecule has 272 valence electrons. The zero-order valence-corrected chi connectivity index (χ0v) is 31.7. The zero-order valence-electron chi connectivity index (χ0n) is 31.7. The van der Waals surface area contributed by atoms with Crippen LogP contribution >= 0.6 is 0 Å². The molecule has 1 aromatic heterocycles. The minimum Gasteiger partial charge on any atom is -0.379 e. The second-order valence-corrected chi connectivity index (χ2v) is 14.7. The number of rotatable bonds is 19. The number of nitrogens with zero attached hydrogens (tertiary/aromatic N) is 4. The summed E-state index contributed by atoms with van der Waals surface area (Å²) in [5.74, 6) is 0.502. The molecule has 2 amide bonds. The molecule has 9 heteroatoms. The van der Waals surface area contributed by atoms with E-state index in [4.69, 9.17) is 9.47 Å². The monoisotopic (exact) mass is 678 g/mol. The number of hydrogen-bond acceptors (Lipinski definition) is 7. The van der Waals surface area contributed by atoms with E-state index in [0.29, 0.717) is 25.2 Å². The molecule has 1 fully saturated rings. The van der Waals surface area contributed by atoms with Crippen LogP contribution in [-0.2, 0) is 36.7 Å². The fourth-order valence-corrected chi connectivity index (χ4v) is 7.62. The first-order valence-electron chi connectivity index (χ1n) is 18.3. The molecular weight excluding hydrogens is 616 g/mol. The van der Waals surface area contributed by atoms with Crippen LogP contribution < -0.4 is 0 Å². The summed E-state index contributed by atoms with van der Waals surface area (Å²) < 4.78 is 12.1. The van der Waals surface area contributed by atoms with Crippen molar-refractivity contribution >= 4 is 17.6 Å². The number of benzene rings is 1. The molecule has 8 atom stereocenters. The molecule has 0 N–H and O–H groups in total. The van der Waals surface area contributed by atoms with Crippen LogP contribution in [0.3, 0.4) is 0 Å². The Morgan fingerprint density at radius 2 is 1.67 bits per heavy atom. The van der Waals surface area contributed by atoms with Crippen molar-refractivity contribution < 1.29 is 23.9 Å².